The molecular formula is C27H31FN6O4. The molecule has 0 spiro atoms. The van der Waals surface area contributed by atoms with Gasteiger partial charge in [-0.2, -0.15) is 0 Å². The number of hydrogen-bond donors (Lipinski definition) is 5. The van der Waals surface area contributed by atoms with Crippen molar-refractivity contribution in [2.75, 3.05) is 18.4 Å². The van der Waals surface area contributed by atoms with Crippen molar-refractivity contribution in [3.63, 3.8) is 0 Å². The van der Waals surface area contributed by atoms with Crippen LogP contribution < -0.4 is 26.8 Å². The molecule has 0 bridgehead atoms. The van der Waals surface area contributed by atoms with E-state index >= 15 is 0 Å². The van der Waals surface area contributed by atoms with Gasteiger partial charge in [-0.25, -0.2) is 9.37 Å². The molecule has 0 unspecified atom stereocenters. The zero-order chi connectivity index (χ0) is 26.8. The Labute approximate surface area is 218 Å². The molecule has 1 aromatic carbocycles. The number of hydrogen-bond acceptors (Lipinski definition) is 7. The Balaban J connectivity index is 1.22. The fourth-order valence-corrected chi connectivity index (χ4v) is 4.59. The first-order valence-electron chi connectivity index (χ1n) is 12.8. The van der Waals surface area contributed by atoms with Crippen LogP contribution in [-0.2, 0) is 24.2 Å². The molecule has 3 aromatic rings. The van der Waals surface area contributed by atoms with Gasteiger partial charge in [-0.05, 0) is 43.4 Å². The van der Waals surface area contributed by atoms with Gasteiger partial charge in [0, 0.05) is 36.3 Å². The Kier molecular flexibility index (Phi) is 7.28. The highest BCUT2D eigenvalue weighted by Crippen LogP contribution is 2.25. The van der Waals surface area contributed by atoms with E-state index in [-0.39, 0.29) is 35.7 Å². The average Bonchev–Trinajstić information content (AvgIpc) is 3.54. The van der Waals surface area contributed by atoms with E-state index < -0.39 is 17.8 Å². The molecular weight excluding hydrogens is 491 g/mol. The maximum atomic E-state index is 14.9. The lowest BCUT2D eigenvalue weighted by atomic mass is 10.0. The zero-order valence-corrected chi connectivity index (χ0v) is 21.3. The van der Waals surface area contributed by atoms with Gasteiger partial charge in [-0.3, -0.25) is 19.4 Å². The lowest BCUT2D eigenvalue weighted by molar-refractivity contribution is -0.125. The molecule has 10 nitrogen and oxygen atoms in total. The van der Waals surface area contributed by atoms with Gasteiger partial charge in [-0.15, -0.1) is 0 Å². The second kappa shape index (κ2) is 10.8. The lowest BCUT2D eigenvalue weighted by Gasteiger charge is -2.30. The first-order valence-corrected chi connectivity index (χ1v) is 12.8. The highest BCUT2D eigenvalue weighted by molar-refractivity contribution is 5.96. The molecule has 1 saturated heterocycles. The van der Waals surface area contributed by atoms with Crippen molar-refractivity contribution in [3.8, 4) is 11.3 Å². The number of rotatable bonds is 9. The van der Waals surface area contributed by atoms with Crippen LogP contribution in [0.3, 0.4) is 0 Å². The van der Waals surface area contributed by atoms with E-state index in [0.29, 0.717) is 35.9 Å². The zero-order valence-electron chi connectivity index (χ0n) is 21.3. The van der Waals surface area contributed by atoms with E-state index in [1.165, 1.54) is 12.1 Å². The summed E-state index contributed by atoms with van der Waals surface area (Å²) in [6, 6.07) is 7.07. The molecule has 38 heavy (non-hydrogen) atoms. The standard InChI is InChI=1S/C27H31FN6O4/c1-14(2)23(26(37)31-17-12-29-13-17)33-25(36)22-9-8-21(38-22)15-6-7-16(19(28)10-15)11-30-27-32-20-5-3-4-18(20)24(35)34-27/h6-10,14,17,23,29H,3-5,11-13H2,1-2H3,(H,31,37)(H,33,36)(H2,30,32,34,35)/t23-/m0/s1. The summed E-state index contributed by atoms with van der Waals surface area (Å²) in [4.78, 5) is 44.7. The monoisotopic (exact) mass is 522 g/mol. The Bertz CT molecular complexity index is 1410. The summed E-state index contributed by atoms with van der Waals surface area (Å²) in [6.45, 7) is 5.27. The van der Waals surface area contributed by atoms with Crippen molar-refractivity contribution in [2.45, 2.75) is 51.7 Å². The number of carbonyl (C=O) groups excluding carboxylic acids is 2. The fraction of sp³-hybridized carbons (Fsp3) is 0.407. The van der Waals surface area contributed by atoms with Gasteiger partial charge in [0.2, 0.25) is 11.9 Å². The minimum absolute atomic E-state index is 0.0292. The molecule has 3 heterocycles. The summed E-state index contributed by atoms with van der Waals surface area (Å²) in [5.74, 6) is -0.681. The molecule has 0 radical (unpaired) electrons. The van der Waals surface area contributed by atoms with Gasteiger partial charge in [0.1, 0.15) is 17.6 Å². The van der Waals surface area contributed by atoms with Crippen LogP contribution in [0.1, 0.15) is 47.6 Å². The molecule has 200 valence electrons. The van der Waals surface area contributed by atoms with E-state index in [2.05, 4.69) is 31.2 Å². The normalized spacial score (nSPS) is 15.6. The van der Waals surface area contributed by atoms with Gasteiger partial charge in [-0.1, -0.05) is 26.0 Å². The highest BCUT2D eigenvalue weighted by atomic mass is 19.1. The van der Waals surface area contributed by atoms with E-state index in [0.717, 1.165) is 30.5 Å². The van der Waals surface area contributed by atoms with Gasteiger partial charge in [0.15, 0.2) is 5.76 Å². The van der Waals surface area contributed by atoms with Crippen molar-refractivity contribution in [1.82, 2.24) is 25.9 Å². The number of carbonyl (C=O) groups is 2. The topological polar surface area (TPSA) is 141 Å². The average molecular weight is 523 g/mol. The molecule has 2 aliphatic rings. The van der Waals surface area contributed by atoms with E-state index in [4.69, 9.17) is 4.42 Å². The van der Waals surface area contributed by atoms with Gasteiger partial charge < -0.3 is 25.7 Å². The Hall–Kier alpha value is -3.99. The first kappa shape index (κ1) is 25.7. The number of nitrogens with zero attached hydrogens (tertiary/aromatic N) is 1. The molecule has 11 heteroatoms. The van der Waals surface area contributed by atoms with Crippen molar-refractivity contribution in [1.29, 1.82) is 0 Å². The number of aromatic nitrogens is 2. The summed E-state index contributed by atoms with van der Waals surface area (Å²) in [5.41, 5.74) is 2.21. The third kappa shape index (κ3) is 5.47. The third-order valence-corrected chi connectivity index (χ3v) is 6.92. The molecule has 2 aromatic heterocycles. The van der Waals surface area contributed by atoms with Crippen LogP contribution in [-0.4, -0.2) is 47.0 Å². The van der Waals surface area contributed by atoms with Crippen LogP contribution >= 0.6 is 0 Å². The third-order valence-electron chi connectivity index (χ3n) is 6.92. The van der Waals surface area contributed by atoms with Crippen LogP contribution in [0.4, 0.5) is 10.3 Å². The first-order chi connectivity index (χ1) is 18.3. The number of anilines is 1. The van der Waals surface area contributed by atoms with Gasteiger partial charge in [0.05, 0.1) is 11.7 Å². The lowest BCUT2D eigenvalue weighted by Crippen LogP contribution is -2.61. The maximum Gasteiger partial charge on any atom is 0.287 e. The fourth-order valence-electron chi connectivity index (χ4n) is 4.59. The molecule has 0 saturated carbocycles. The van der Waals surface area contributed by atoms with E-state index in [9.17, 15) is 18.8 Å². The molecule has 5 rings (SSSR count). The number of nitrogens with one attached hydrogen (secondary N) is 5. The minimum atomic E-state index is -0.712. The number of amides is 2. The summed E-state index contributed by atoms with van der Waals surface area (Å²) in [5, 5.41) is 11.7. The second-order valence-corrected chi connectivity index (χ2v) is 10.1. The number of furan rings is 1. The second-order valence-electron chi connectivity index (χ2n) is 10.1. The minimum Gasteiger partial charge on any atom is -0.451 e. The number of halogens is 1. The van der Waals surface area contributed by atoms with Crippen molar-refractivity contribution in [3.05, 3.63) is 69.1 Å². The molecule has 1 atom stereocenters. The largest absolute Gasteiger partial charge is 0.451 e. The van der Waals surface area contributed by atoms with Gasteiger partial charge >= 0.3 is 0 Å². The van der Waals surface area contributed by atoms with Crippen molar-refractivity contribution in [2.24, 2.45) is 5.92 Å². The smallest absolute Gasteiger partial charge is 0.287 e. The number of benzene rings is 1. The molecule has 1 aliphatic heterocycles. The van der Waals surface area contributed by atoms with Gasteiger partial charge in [0.25, 0.3) is 11.5 Å². The SMILES string of the molecule is CC(C)[C@H](NC(=O)c1ccc(-c2ccc(CNc3nc4c(c(=O)[nH]3)CCC4)c(F)c2)o1)C(=O)NC1CNC1. The van der Waals surface area contributed by atoms with E-state index in [1.807, 2.05) is 13.8 Å². The van der Waals surface area contributed by atoms with E-state index in [1.54, 1.807) is 18.2 Å². The number of aryl methyl sites for hydroxylation is 1. The Morgan fingerprint density at radius 1 is 1.18 bits per heavy atom. The van der Waals surface area contributed by atoms with Crippen LogP contribution in [0.2, 0.25) is 0 Å². The van der Waals surface area contributed by atoms with Crippen molar-refractivity contribution >= 4 is 17.8 Å². The molecule has 2 amide bonds. The maximum absolute atomic E-state index is 14.9. The summed E-state index contributed by atoms with van der Waals surface area (Å²) in [7, 11) is 0. The molecule has 1 fully saturated rings. The summed E-state index contributed by atoms with van der Waals surface area (Å²) < 4.78 is 20.6. The Morgan fingerprint density at radius 2 is 2.00 bits per heavy atom. The van der Waals surface area contributed by atoms with Crippen LogP contribution in [0.25, 0.3) is 11.3 Å². The van der Waals surface area contributed by atoms with Crippen LogP contribution in [0, 0.1) is 11.7 Å². The predicted molar refractivity (Wildman–Crippen MR) is 139 cm³/mol. The van der Waals surface area contributed by atoms with Crippen molar-refractivity contribution < 1.29 is 18.4 Å². The van der Waals surface area contributed by atoms with Crippen LogP contribution in [0.5, 0.6) is 0 Å². The predicted octanol–water partition coefficient (Wildman–Crippen LogP) is 2.11. The van der Waals surface area contributed by atoms with Crippen LogP contribution in [0.15, 0.2) is 39.5 Å². The summed E-state index contributed by atoms with van der Waals surface area (Å²) >= 11 is 0. The number of aromatic amines is 1. The molecule has 5 N–H and O–H groups in total. The number of H-pyrrole nitrogens is 1. The quantitative estimate of drug-likeness (QED) is 0.290. The summed E-state index contributed by atoms with van der Waals surface area (Å²) in [6.07, 6.45) is 2.41. The number of fused-ring (bicyclic) bond motifs is 1. The highest BCUT2D eigenvalue weighted by Gasteiger charge is 2.29. The Morgan fingerprint density at radius 3 is 2.71 bits per heavy atom. The molecule has 1 aliphatic carbocycles.